The number of likely N-dealkylation sites (N-methyl/N-ethyl adjacent to an activating group) is 1. The van der Waals surface area contributed by atoms with Crippen LogP contribution in [0.5, 0.6) is 0 Å². The predicted molar refractivity (Wildman–Crippen MR) is 53.7 cm³/mol. The van der Waals surface area contributed by atoms with Crippen LogP contribution < -0.4 is 10.6 Å². The van der Waals surface area contributed by atoms with E-state index in [-0.39, 0.29) is 6.04 Å². The standard InChI is InChI=1S/C9H16N4/c1-7(10)6-13(3)9-8(2)11-4-5-12-9/h4-5,7H,6,10H2,1-3H3. The SMILES string of the molecule is Cc1nccnc1N(C)CC(C)N. The van der Waals surface area contributed by atoms with Crippen LogP contribution in [0.4, 0.5) is 5.82 Å². The number of anilines is 1. The lowest BCUT2D eigenvalue weighted by Crippen LogP contribution is -2.33. The van der Waals surface area contributed by atoms with E-state index < -0.39 is 0 Å². The molecule has 1 unspecified atom stereocenters. The molecule has 0 bridgehead atoms. The average molecular weight is 180 g/mol. The summed E-state index contributed by atoms with van der Waals surface area (Å²) in [4.78, 5) is 10.4. The molecule has 1 aromatic heterocycles. The molecule has 13 heavy (non-hydrogen) atoms. The van der Waals surface area contributed by atoms with E-state index in [0.717, 1.165) is 18.1 Å². The third kappa shape index (κ3) is 2.66. The summed E-state index contributed by atoms with van der Waals surface area (Å²) in [5.41, 5.74) is 6.63. The minimum Gasteiger partial charge on any atom is -0.357 e. The van der Waals surface area contributed by atoms with Gasteiger partial charge in [0.15, 0.2) is 0 Å². The summed E-state index contributed by atoms with van der Waals surface area (Å²) in [6.45, 7) is 4.71. The number of rotatable bonds is 3. The Kier molecular flexibility index (Phi) is 3.19. The van der Waals surface area contributed by atoms with Crippen molar-refractivity contribution in [1.29, 1.82) is 0 Å². The lowest BCUT2D eigenvalue weighted by Gasteiger charge is -2.20. The molecule has 4 nitrogen and oxygen atoms in total. The van der Waals surface area contributed by atoms with E-state index in [4.69, 9.17) is 5.73 Å². The fourth-order valence-electron chi connectivity index (χ4n) is 1.29. The van der Waals surface area contributed by atoms with Crippen molar-refractivity contribution in [3.63, 3.8) is 0 Å². The number of nitrogens with zero attached hydrogens (tertiary/aromatic N) is 3. The van der Waals surface area contributed by atoms with Crippen molar-refractivity contribution in [2.24, 2.45) is 5.73 Å². The van der Waals surface area contributed by atoms with Crippen LogP contribution in [0.2, 0.25) is 0 Å². The van der Waals surface area contributed by atoms with Gasteiger partial charge >= 0.3 is 0 Å². The van der Waals surface area contributed by atoms with E-state index >= 15 is 0 Å². The molecule has 0 aliphatic carbocycles. The molecule has 0 radical (unpaired) electrons. The van der Waals surface area contributed by atoms with Crippen LogP contribution in [0, 0.1) is 6.92 Å². The van der Waals surface area contributed by atoms with Gasteiger partial charge in [0.05, 0.1) is 5.69 Å². The normalized spacial score (nSPS) is 12.6. The van der Waals surface area contributed by atoms with E-state index in [9.17, 15) is 0 Å². The van der Waals surface area contributed by atoms with Crippen LogP contribution in [0.25, 0.3) is 0 Å². The molecule has 0 spiro atoms. The first-order valence-corrected chi connectivity index (χ1v) is 4.35. The largest absolute Gasteiger partial charge is 0.357 e. The van der Waals surface area contributed by atoms with E-state index in [1.165, 1.54) is 0 Å². The van der Waals surface area contributed by atoms with Gasteiger partial charge in [0.1, 0.15) is 5.82 Å². The molecular weight excluding hydrogens is 164 g/mol. The Morgan fingerprint density at radius 2 is 2.08 bits per heavy atom. The fraction of sp³-hybridized carbons (Fsp3) is 0.556. The maximum atomic E-state index is 5.69. The molecule has 0 aliphatic rings. The average Bonchev–Trinajstić information content (AvgIpc) is 2.03. The molecule has 0 aromatic carbocycles. The molecule has 1 heterocycles. The van der Waals surface area contributed by atoms with Gasteiger partial charge in [-0.3, -0.25) is 4.98 Å². The number of aromatic nitrogens is 2. The quantitative estimate of drug-likeness (QED) is 0.738. The lowest BCUT2D eigenvalue weighted by atomic mass is 10.3. The monoisotopic (exact) mass is 180 g/mol. The fourth-order valence-corrected chi connectivity index (χ4v) is 1.29. The second-order valence-electron chi connectivity index (χ2n) is 3.32. The summed E-state index contributed by atoms with van der Waals surface area (Å²) in [7, 11) is 1.97. The van der Waals surface area contributed by atoms with E-state index in [1.807, 2.05) is 25.8 Å². The van der Waals surface area contributed by atoms with Crippen molar-refractivity contribution in [1.82, 2.24) is 9.97 Å². The highest BCUT2D eigenvalue weighted by Crippen LogP contribution is 2.11. The van der Waals surface area contributed by atoms with E-state index in [0.29, 0.717) is 0 Å². The molecule has 2 N–H and O–H groups in total. The maximum absolute atomic E-state index is 5.69. The number of hydrogen-bond donors (Lipinski definition) is 1. The van der Waals surface area contributed by atoms with Gasteiger partial charge in [-0.25, -0.2) is 4.98 Å². The second-order valence-corrected chi connectivity index (χ2v) is 3.32. The number of aryl methyl sites for hydroxylation is 1. The molecule has 1 rings (SSSR count). The van der Waals surface area contributed by atoms with Gasteiger partial charge in [0.25, 0.3) is 0 Å². The summed E-state index contributed by atoms with van der Waals surface area (Å²) in [6, 6.07) is 0.145. The maximum Gasteiger partial charge on any atom is 0.149 e. The van der Waals surface area contributed by atoms with Gasteiger partial charge in [-0.15, -0.1) is 0 Å². The van der Waals surface area contributed by atoms with Gasteiger partial charge in [-0.2, -0.15) is 0 Å². The summed E-state index contributed by atoms with van der Waals surface area (Å²) < 4.78 is 0. The molecule has 1 atom stereocenters. The van der Waals surface area contributed by atoms with Crippen LogP contribution in [-0.4, -0.2) is 29.6 Å². The van der Waals surface area contributed by atoms with Crippen molar-refractivity contribution in [3.8, 4) is 0 Å². The molecule has 0 saturated carbocycles. The first kappa shape index (κ1) is 9.92. The molecule has 1 aromatic rings. The molecule has 0 fully saturated rings. The Labute approximate surface area is 78.8 Å². The minimum atomic E-state index is 0.145. The van der Waals surface area contributed by atoms with Crippen LogP contribution in [0.1, 0.15) is 12.6 Å². The van der Waals surface area contributed by atoms with Crippen molar-refractivity contribution < 1.29 is 0 Å². The Bertz CT molecular complexity index is 272. The number of nitrogens with two attached hydrogens (primary N) is 1. The third-order valence-corrected chi connectivity index (χ3v) is 1.78. The zero-order valence-corrected chi connectivity index (χ0v) is 8.36. The van der Waals surface area contributed by atoms with Gasteiger partial charge in [0, 0.05) is 32.0 Å². The van der Waals surface area contributed by atoms with Gasteiger partial charge in [0.2, 0.25) is 0 Å². The van der Waals surface area contributed by atoms with E-state index in [2.05, 4.69) is 9.97 Å². The van der Waals surface area contributed by atoms with Crippen LogP contribution >= 0.6 is 0 Å². The van der Waals surface area contributed by atoms with Gasteiger partial charge in [-0.05, 0) is 13.8 Å². The van der Waals surface area contributed by atoms with Crippen LogP contribution in [0.15, 0.2) is 12.4 Å². The summed E-state index contributed by atoms with van der Waals surface area (Å²) in [5, 5.41) is 0. The summed E-state index contributed by atoms with van der Waals surface area (Å²) >= 11 is 0. The van der Waals surface area contributed by atoms with Crippen molar-refractivity contribution >= 4 is 5.82 Å². The van der Waals surface area contributed by atoms with Gasteiger partial charge < -0.3 is 10.6 Å². The third-order valence-electron chi connectivity index (χ3n) is 1.78. The molecule has 4 heteroatoms. The molecular formula is C9H16N4. The summed E-state index contributed by atoms with van der Waals surface area (Å²) in [6.07, 6.45) is 3.39. The van der Waals surface area contributed by atoms with Gasteiger partial charge in [-0.1, -0.05) is 0 Å². The lowest BCUT2D eigenvalue weighted by molar-refractivity contribution is 0.708. The molecule has 0 amide bonds. The Balaban J connectivity index is 2.76. The Morgan fingerprint density at radius 3 is 2.62 bits per heavy atom. The first-order valence-electron chi connectivity index (χ1n) is 4.35. The van der Waals surface area contributed by atoms with Crippen molar-refractivity contribution in [3.05, 3.63) is 18.1 Å². The topological polar surface area (TPSA) is 55.0 Å². The predicted octanol–water partition coefficient (Wildman–Crippen LogP) is 0.568. The second kappa shape index (κ2) is 4.18. The zero-order chi connectivity index (χ0) is 9.84. The van der Waals surface area contributed by atoms with Crippen LogP contribution in [-0.2, 0) is 0 Å². The van der Waals surface area contributed by atoms with Crippen LogP contribution in [0.3, 0.4) is 0 Å². The van der Waals surface area contributed by atoms with E-state index in [1.54, 1.807) is 12.4 Å². The Hall–Kier alpha value is -1.16. The smallest absolute Gasteiger partial charge is 0.149 e. The van der Waals surface area contributed by atoms with Crippen molar-refractivity contribution in [2.45, 2.75) is 19.9 Å². The van der Waals surface area contributed by atoms with Crippen molar-refractivity contribution in [2.75, 3.05) is 18.5 Å². The highest BCUT2D eigenvalue weighted by Gasteiger charge is 2.07. The molecule has 0 aliphatic heterocycles. The molecule has 72 valence electrons. The Morgan fingerprint density at radius 1 is 1.46 bits per heavy atom. The minimum absolute atomic E-state index is 0.145. The zero-order valence-electron chi connectivity index (χ0n) is 8.36. The summed E-state index contributed by atoms with van der Waals surface area (Å²) in [5.74, 6) is 0.903. The first-order chi connectivity index (χ1) is 6.11. The highest BCUT2D eigenvalue weighted by atomic mass is 15.2. The number of hydrogen-bond acceptors (Lipinski definition) is 4. The molecule has 0 saturated heterocycles. The highest BCUT2D eigenvalue weighted by molar-refractivity contribution is 5.41.